The van der Waals surface area contributed by atoms with Gasteiger partial charge < -0.3 is 10.2 Å². The number of rotatable bonds is 3. The number of alkyl halides is 3. The second kappa shape index (κ2) is 7.64. The van der Waals surface area contributed by atoms with Gasteiger partial charge in [0.25, 0.3) is 0 Å². The average Bonchev–Trinajstić information content (AvgIpc) is 3.00. The average molecular weight is 431 g/mol. The molecule has 0 bridgehead atoms. The fourth-order valence-corrected chi connectivity index (χ4v) is 3.25. The summed E-state index contributed by atoms with van der Waals surface area (Å²) in [5.41, 5.74) is 0.343. The first-order chi connectivity index (χ1) is 13.1. The van der Waals surface area contributed by atoms with Gasteiger partial charge in [-0.25, -0.2) is 0 Å². The van der Waals surface area contributed by atoms with Crippen LogP contribution in [0, 0.1) is 12.8 Å². The highest BCUT2D eigenvalue weighted by Crippen LogP contribution is 2.35. The summed E-state index contributed by atoms with van der Waals surface area (Å²) in [6.45, 7) is 1.92. The summed E-state index contributed by atoms with van der Waals surface area (Å²) in [6.07, 6.45) is -4.62. The third-order valence-corrected chi connectivity index (χ3v) is 5.25. The lowest BCUT2D eigenvalue weighted by atomic mass is 10.1. The largest absolute Gasteiger partial charge is 0.416 e. The molecular formula is C19H15Cl2F3N2O2. The molecule has 1 N–H and O–H groups in total. The highest BCUT2D eigenvalue weighted by atomic mass is 35.5. The van der Waals surface area contributed by atoms with Gasteiger partial charge in [-0.05, 0) is 42.8 Å². The lowest BCUT2D eigenvalue weighted by Gasteiger charge is -2.18. The Morgan fingerprint density at radius 1 is 1.14 bits per heavy atom. The van der Waals surface area contributed by atoms with Crippen molar-refractivity contribution < 1.29 is 22.8 Å². The van der Waals surface area contributed by atoms with Crippen LogP contribution in [0.1, 0.15) is 17.5 Å². The summed E-state index contributed by atoms with van der Waals surface area (Å²) in [5, 5.41) is 2.88. The molecule has 0 spiro atoms. The number of carbonyl (C=O) groups is 2. The minimum absolute atomic E-state index is 0.0205. The van der Waals surface area contributed by atoms with Crippen molar-refractivity contribution in [2.24, 2.45) is 5.92 Å². The first kappa shape index (κ1) is 20.5. The zero-order valence-corrected chi connectivity index (χ0v) is 16.1. The van der Waals surface area contributed by atoms with E-state index in [-0.39, 0.29) is 29.6 Å². The molecule has 1 atom stereocenters. The number of carbonyl (C=O) groups excluding carboxylic acids is 2. The number of amides is 2. The van der Waals surface area contributed by atoms with E-state index in [9.17, 15) is 22.8 Å². The quantitative estimate of drug-likeness (QED) is 0.716. The summed E-state index contributed by atoms with van der Waals surface area (Å²) in [7, 11) is 0. The Morgan fingerprint density at radius 2 is 1.86 bits per heavy atom. The third-order valence-electron chi connectivity index (χ3n) is 4.51. The number of nitrogens with one attached hydrogen (secondary N) is 1. The van der Waals surface area contributed by atoms with Gasteiger partial charge in [-0.2, -0.15) is 13.2 Å². The van der Waals surface area contributed by atoms with Crippen LogP contribution in [-0.4, -0.2) is 18.4 Å². The summed E-state index contributed by atoms with van der Waals surface area (Å²) in [6, 6.07) is 7.80. The van der Waals surface area contributed by atoms with Crippen molar-refractivity contribution in [3.05, 3.63) is 57.6 Å². The number of benzene rings is 2. The molecule has 1 fully saturated rings. The maximum absolute atomic E-state index is 12.9. The van der Waals surface area contributed by atoms with Crippen molar-refractivity contribution in [2.45, 2.75) is 19.5 Å². The summed E-state index contributed by atoms with van der Waals surface area (Å²) >= 11 is 12.0. The molecule has 2 amide bonds. The normalized spacial score (nSPS) is 17.1. The maximum Gasteiger partial charge on any atom is 0.416 e. The van der Waals surface area contributed by atoms with E-state index in [0.29, 0.717) is 10.7 Å². The Bertz CT molecular complexity index is 947. The molecule has 0 aromatic heterocycles. The van der Waals surface area contributed by atoms with E-state index in [1.54, 1.807) is 18.2 Å². The molecule has 0 unspecified atom stereocenters. The third kappa shape index (κ3) is 4.25. The number of hydrogen-bond donors (Lipinski definition) is 1. The Hall–Kier alpha value is -2.25. The van der Waals surface area contributed by atoms with E-state index in [4.69, 9.17) is 23.2 Å². The van der Waals surface area contributed by atoms with Gasteiger partial charge in [0.15, 0.2) is 0 Å². The molecule has 1 aliphatic rings. The topological polar surface area (TPSA) is 49.4 Å². The van der Waals surface area contributed by atoms with E-state index in [1.807, 2.05) is 6.92 Å². The number of aryl methyl sites for hydroxylation is 1. The predicted molar refractivity (Wildman–Crippen MR) is 102 cm³/mol. The van der Waals surface area contributed by atoms with Gasteiger partial charge in [0.1, 0.15) is 0 Å². The first-order valence-corrected chi connectivity index (χ1v) is 9.06. The van der Waals surface area contributed by atoms with Crippen LogP contribution in [0.15, 0.2) is 36.4 Å². The highest BCUT2D eigenvalue weighted by Gasteiger charge is 2.36. The molecule has 148 valence electrons. The monoisotopic (exact) mass is 430 g/mol. The van der Waals surface area contributed by atoms with E-state index >= 15 is 0 Å². The van der Waals surface area contributed by atoms with Crippen LogP contribution in [0.25, 0.3) is 0 Å². The van der Waals surface area contributed by atoms with Crippen LogP contribution in [0.3, 0.4) is 0 Å². The zero-order valence-electron chi connectivity index (χ0n) is 14.6. The minimum atomic E-state index is -4.56. The number of anilines is 2. The summed E-state index contributed by atoms with van der Waals surface area (Å²) < 4.78 is 38.6. The molecule has 0 radical (unpaired) electrons. The van der Waals surface area contributed by atoms with Gasteiger partial charge in [0.2, 0.25) is 11.8 Å². The fraction of sp³-hybridized carbons (Fsp3) is 0.263. The molecule has 1 aliphatic heterocycles. The number of halogens is 5. The summed E-state index contributed by atoms with van der Waals surface area (Å²) in [5.74, 6) is -1.57. The zero-order chi connectivity index (χ0) is 20.6. The molecule has 3 rings (SSSR count). The van der Waals surface area contributed by atoms with Crippen LogP contribution >= 0.6 is 23.2 Å². The van der Waals surface area contributed by atoms with Gasteiger partial charge in [0, 0.05) is 23.7 Å². The smallest absolute Gasteiger partial charge is 0.324 e. The molecule has 2 aromatic rings. The molecule has 0 saturated carbocycles. The van der Waals surface area contributed by atoms with Gasteiger partial charge in [-0.1, -0.05) is 29.3 Å². The Kier molecular flexibility index (Phi) is 5.59. The fourth-order valence-electron chi connectivity index (χ4n) is 2.91. The number of nitrogens with zero attached hydrogens (tertiary/aromatic N) is 1. The van der Waals surface area contributed by atoms with Crippen LogP contribution in [0.5, 0.6) is 0 Å². The van der Waals surface area contributed by atoms with E-state index in [0.717, 1.165) is 23.8 Å². The Morgan fingerprint density at radius 3 is 2.50 bits per heavy atom. The minimum Gasteiger partial charge on any atom is -0.324 e. The second-order valence-electron chi connectivity index (χ2n) is 6.52. The molecule has 1 saturated heterocycles. The van der Waals surface area contributed by atoms with Crippen LogP contribution in [0.2, 0.25) is 10.0 Å². The molecular weight excluding hydrogens is 416 g/mol. The van der Waals surface area contributed by atoms with Crippen molar-refractivity contribution in [3.8, 4) is 0 Å². The molecule has 1 heterocycles. The summed E-state index contributed by atoms with van der Waals surface area (Å²) in [4.78, 5) is 26.3. The lowest BCUT2D eigenvalue weighted by molar-refractivity contribution is -0.137. The SMILES string of the molecule is Cc1ccc(N2C[C@H](C(=O)Nc3cc(C(F)(F)F)ccc3Cl)CC2=O)cc1Cl. The van der Waals surface area contributed by atoms with Crippen molar-refractivity contribution in [3.63, 3.8) is 0 Å². The predicted octanol–water partition coefficient (Wildman–Crippen LogP) is 5.31. The van der Waals surface area contributed by atoms with Crippen LogP contribution in [-0.2, 0) is 15.8 Å². The molecule has 28 heavy (non-hydrogen) atoms. The van der Waals surface area contributed by atoms with E-state index < -0.39 is 23.6 Å². The van der Waals surface area contributed by atoms with Crippen LogP contribution < -0.4 is 10.2 Å². The van der Waals surface area contributed by atoms with Crippen molar-refractivity contribution in [1.82, 2.24) is 0 Å². The number of hydrogen-bond acceptors (Lipinski definition) is 2. The first-order valence-electron chi connectivity index (χ1n) is 8.30. The standard InChI is InChI=1S/C19H15Cl2F3N2O2/c1-10-2-4-13(8-15(10)21)26-9-11(6-17(26)27)18(28)25-16-7-12(19(22,23)24)3-5-14(16)20/h2-5,7-8,11H,6,9H2,1H3,(H,25,28)/t11-/m1/s1. The molecule has 2 aromatic carbocycles. The van der Waals surface area contributed by atoms with Crippen molar-refractivity contribution >= 4 is 46.4 Å². The van der Waals surface area contributed by atoms with Crippen LogP contribution in [0.4, 0.5) is 24.5 Å². The highest BCUT2D eigenvalue weighted by molar-refractivity contribution is 6.33. The second-order valence-corrected chi connectivity index (χ2v) is 7.33. The van der Waals surface area contributed by atoms with Crippen molar-refractivity contribution in [1.29, 1.82) is 0 Å². The Labute approximate surface area is 169 Å². The van der Waals surface area contributed by atoms with E-state index in [1.165, 1.54) is 4.90 Å². The van der Waals surface area contributed by atoms with Gasteiger partial charge in [-0.3, -0.25) is 9.59 Å². The molecule has 0 aliphatic carbocycles. The van der Waals surface area contributed by atoms with Gasteiger partial charge in [0.05, 0.1) is 22.2 Å². The van der Waals surface area contributed by atoms with E-state index in [2.05, 4.69) is 5.32 Å². The molecule has 9 heteroatoms. The van der Waals surface area contributed by atoms with Gasteiger partial charge in [-0.15, -0.1) is 0 Å². The molecule has 4 nitrogen and oxygen atoms in total. The maximum atomic E-state index is 12.9. The lowest BCUT2D eigenvalue weighted by Crippen LogP contribution is -2.28. The van der Waals surface area contributed by atoms with Crippen molar-refractivity contribution in [2.75, 3.05) is 16.8 Å². The Balaban J connectivity index is 1.76. The van der Waals surface area contributed by atoms with Gasteiger partial charge >= 0.3 is 6.18 Å².